The lowest BCUT2D eigenvalue weighted by Crippen LogP contribution is -2.10. The van der Waals surface area contributed by atoms with E-state index in [1.165, 1.54) is 87.1 Å². The minimum atomic E-state index is -0.382. The zero-order chi connectivity index (χ0) is 27.1. The highest BCUT2D eigenvalue weighted by molar-refractivity contribution is 5.66. The summed E-state index contributed by atoms with van der Waals surface area (Å²) in [7, 11) is 1.50. The van der Waals surface area contributed by atoms with Gasteiger partial charge in [-0.05, 0) is 87.6 Å². The molecule has 1 saturated carbocycles. The van der Waals surface area contributed by atoms with E-state index in [4.69, 9.17) is 0 Å². The summed E-state index contributed by atoms with van der Waals surface area (Å²) in [5, 5.41) is 0. The number of nitrogens with two attached hydrogens (primary N) is 1. The fourth-order valence-electron chi connectivity index (χ4n) is 4.21. The van der Waals surface area contributed by atoms with Crippen LogP contribution in [0.3, 0.4) is 0 Å². The van der Waals surface area contributed by atoms with Crippen molar-refractivity contribution in [3.63, 3.8) is 0 Å². The summed E-state index contributed by atoms with van der Waals surface area (Å²) in [6.07, 6.45) is 16.2. The highest BCUT2D eigenvalue weighted by Gasteiger charge is 2.17. The molecule has 2 rings (SSSR count). The van der Waals surface area contributed by atoms with Crippen molar-refractivity contribution in [2.75, 3.05) is 13.7 Å². The summed E-state index contributed by atoms with van der Waals surface area (Å²) >= 11 is 0. The molecular formula is C33H58FN. The zero-order valence-electron chi connectivity index (χ0n) is 24.4. The molecule has 0 radical (unpaired) electrons. The lowest BCUT2D eigenvalue weighted by Gasteiger charge is -2.24. The largest absolute Gasteiger partial charge is 0.333 e. The molecule has 0 saturated heterocycles. The summed E-state index contributed by atoms with van der Waals surface area (Å²) in [6.45, 7) is 20.3. The van der Waals surface area contributed by atoms with Crippen LogP contribution in [0.1, 0.15) is 117 Å². The van der Waals surface area contributed by atoms with Crippen LogP contribution in [-0.4, -0.2) is 13.7 Å². The minimum Gasteiger partial charge on any atom is -0.333 e. The van der Waals surface area contributed by atoms with E-state index in [0.29, 0.717) is 5.92 Å². The van der Waals surface area contributed by atoms with Gasteiger partial charge in [0.15, 0.2) is 0 Å². The van der Waals surface area contributed by atoms with Crippen molar-refractivity contribution in [2.24, 2.45) is 17.6 Å². The molecule has 35 heavy (non-hydrogen) atoms. The molecule has 0 bridgehead atoms. The number of rotatable bonds is 10. The zero-order valence-corrected chi connectivity index (χ0v) is 24.4. The maximum absolute atomic E-state index is 12.5. The predicted molar refractivity (Wildman–Crippen MR) is 160 cm³/mol. The first kappa shape index (κ1) is 35.5. The van der Waals surface area contributed by atoms with Crippen LogP contribution in [0.15, 0.2) is 54.6 Å². The fourth-order valence-corrected chi connectivity index (χ4v) is 4.21. The molecule has 2 N–H and O–H groups in total. The topological polar surface area (TPSA) is 26.0 Å². The number of halogens is 1. The van der Waals surface area contributed by atoms with E-state index in [9.17, 15) is 4.39 Å². The molecule has 1 aliphatic carbocycles. The molecular weight excluding hydrogens is 429 g/mol. The Labute approximate surface area is 219 Å². The number of benzene rings is 1. The molecule has 202 valence electrons. The average molecular weight is 488 g/mol. The van der Waals surface area contributed by atoms with Crippen LogP contribution in [0.5, 0.6) is 0 Å². The van der Waals surface area contributed by atoms with Crippen molar-refractivity contribution in [2.45, 2.75) is 112 Å². The summed E-state index contributed by atoms with van der Waals surface area (Å²) in [6, 6.07) is 8.59. The lowest BCUT2D eigenvalue weighted by atomic mass is 9.81. The number of hydrogen-bond acceptors (Lipinski definition) is 1. The first-order chi connectivity index (χ1) is 16.8. The lowest BCUT2D eigenvalue weighted by molar-refractivity contribution is 0.315. The van der Waals surface area contributed by atoms with E-state index in [1.54, 1.807) is 0 Å². The van der Waals surface area contributed by atoms with Gasteiger partial charge in [-0.3, -0.25) is 0 Å². The molecule has 1 atom stereocenters. The van der Waals surface area contributed by atoms with Gasteiger partial charge in [-0.1, -0.05) is 115 Å². The van der Waals surface area contributed by atoms with Gasteiger partial charge in [0.2, 0.25) is 0 Å². The first-order valence-electron chi connectivity index (χ1n) is 14.0. The van der Waals surface area contributed by atoms with Gasteiger partial charge < -0.3 is 5.73 Å². The monoisotopic (exact) mass is 487 g/mol. The van der Waals surface area contributed by atoms with Gasteiger partial charge in [0.05, 0.1) is 0 Å². The van der Waals surface area contributed by atoms with E-state index in [1.807, 2.05) is 0 Å². The van der Waals surface area contributed by atoms with Crippen LogP contribution in [-0.2, 0) is 6.42 Å². The van der Waals surface area contributed by atoms with Gasteiger partial charge in [-0.15, -0.1) is 0 Å². The molecule has 1 unspecified atom stereocenters. The summed E-state index contributed by atoms with van der Waals surface area (Å²) in [5.41, 5.74) is 10.6. The van der Waals surface area contributed by atoms with Crippen molar-refractivity contribution >= 4 is 5.57 Å². The van der Waals surface area contributed by atoms with Crippen LogP contribution in [0.2, 0.25) is 0 Å². The van der Waals surface area contributed by atoms with Crippen LogP contribution >= 0.6 is 0 Å². The Morgan fingerprint density at radius 2 is 1.60 bits per heavy atom. The third kappa shape index (κ3) is 17.4. The number of hydrogen-bond donors (Lipinski definition) is 1. The molecule has 1 aliphatic rings. The van der Waals surface area contributed by atoms with Gasteiger partial charge in [0, 0.05) is 0 Å². The molecule has 1 nitrogen and oxygen atoms in total. The third-order valence-corrected chi connectivity index (χ3v) is 6.83. The van der Waals surface area contributed by atoms with Crippen molar-refractivity contribution in [1.82, 2.24) is 0 Å². The molecule has 1 fully saturated rings. The summed E-state index contributed by atoms with van der Waals surface area (Å²) in [4.78, 5) is 0. The number of alkyl halides is 1. The number of unbranched alkanes of at least 4 members (excludes halogenated alkanes) is 1. The quantitative estimate of drug-likeness (QED) is 0.326. The second-order valence-electron chi connectivity index (χ2n) is 9.69. The van der Waals surface area contributed by atoms with E-state index < -0.39 is 0 Å². The molecule has 2 heteroatoms. The van der Waals surface area contributed by atoms with Crippen molar-refractivity contribution in [3.8, 4) is 0 Å². The Morgan fingerprint density at radius 1 is 1.03 bits per heavy atom. The second kappa shape index (κ2) is 24.0. The Hall–Kier alpha value is -1.67. The van der Waals surface area contributed by atoms with Crippen molar-refractivity contribution in [3.05, 3.63) is 65.8 Å². The molecule has 0 spiro atoms. The normalized spacial score (nSPS) is 14.3. The van der Waals surface area contributed by atoms with Gasteiger partial charge in [0.25, 0.3) is 0 Å². The molecule has 1 aromatic carbocycles. The van der Waals surface area contributed by atoms with E-state index in [-0.39, 0.29) is 6.67 Å². The summed E-state index contributed by atoms with van der Waals surface area (Å²) < 4.78 is 12.5. The number of aryl methyl sites for hydroxylation is 1. The number of allylic oxidation sites excluding steroid dienone is 4. The standard InChI is InChI=1S/C16H27F.C12H16.C4H10.CH5N/c1-13(2)16(11-14(3)12-17)10-9-15-7-5-4-6-8-15;1-4-10(3)12-9-7-6-8-11(12)5-2;1-3-4-2;1-2/h15-16H,1,3-12H2,2H3;4,6-9H,5H2,1-3H3;3-4H2,1-2H3;2H2,1H3/b;10-4+;;. The minimum absolute atomic E-state index is 0.382. The summed E-state index contributed by atoms with van der Waals surface area (Å²) in [5.74, 6) is 1.35. The van der Waals surface area contributed by atoms with E-state index in [0.717, 1.165) is 24.3 Å². The van der Waals surface area contributed by atoms with Crippen LogP contribution < -0.4 is 5.73 Å². The third-order valence-electron chi connectivity index (χ3n) is 6.83. The SMILES string of the molecule is C/C=C(\C)c1ccccc1CC.C=C(CF)CC(CCC1CCCCC1)C(=C)C.CCCC.CN. The maximum atomic E-state index is 12.5. The second-order valence-corrected chi connectivity index (χ2v) is 9.69. The predicted octanol–water partition coefficient (Wildman–Crippen LogP) is 10.5. The molecule has 0 amide bonds. The van der Waals surface area contributed by atoms with Crippen LogP contribution in [0.25, 0.3) is 5.57 Å². The Morgan fingerprint density at radius 3 is 2.06 bits per heavy atom. The highest BCUT2D eigenvalue weighted by Crippen LogP contribution is 2.31. The fraction of sp³-hybridized carbons (Fsp3) is 0.636. The maximum Gasteiger partial charge on any atom is 0.110 e. The average Bonchev–Trinajstić information content (AvgIpc) is 2.92. The van der Waals surface area contributed by atoms with E-state index >= 15 is 0 Å². The van der Waals surface area contributed by atoms with Crippen LogP contribution in [0.4, 0.5) is 4.39 Å². The Bertz CT molecular complexity index is 680. The Balaban J connectivity index is 0. The highest BCUT2D eigenvalue weighted by atomic mass is 19.1. The van der Waals surface area contributed by atoms with Gasteiger partial charge >= 0.3 is 0 Å². The molecule has 0 aliphatic heterocycles. The smallest absolute Gasteiger partial charge is 0.110 e. The molecule has 1 aromatic rings. The van der Waals surface area contributed by atoms with Crippen molar-refractivity contribution in [1.29, 1.82) is 0 Å². The van der Waals surface area contributed by atoms with Crippen molar-refractivity contribution < 1.29 is 4.39 Å². The molecule has 0 aromatic heterocycles. The molecule has 0 heterocycles. The van der Waals surface area contributed by atoms with Gasteiger partial charge in [-0.25, -0.2) is 4.39 Å². The van der Waals surface area contributed by atoms with E-state index in [2.05, 4.69) is 90.8 Å². The van der Waals surface area contributed by atoms with Gasteiger partial charge in [0.1, 0.15) is 6.67 Å². The first-order valence-corrected chi connectivity index (χ1v) is 14.0. The van der Waals surface area contributed by atoms with Crippen LogP contribution in [0, 0.1) is 11.8 Å². The van der Waals surface area contributed by atoms with Gasteiger partial charge in [-0.2, -0.15) is 0 Å². The Kier molecular flexibility index (Phi) is 24.4.